The third-order valence-corrected chi connectivity index (χ3v) is 4.53. The number of carbonyl (C=O) groups is 1. The van der Waals surface area contributed by atoms with E-state index in [-0.39, 0.29) is 12.0 Å². The zero-order valence-corrected chi connectivity index (χ0v) is 13.9. The second kappa shape index (κ2) is 6.93. The molecule has 1 aliphatic heterocycles. The maximum absolute atomic E-state index is 12.7. The summed E-state index contributed by atoms with van der Waals surface area (Å²) in [6.45, 7) is 1.70. The molecular formula is C19H20N4O2. The lowest BCUT2D eigenvalue weighted by molar-refractivity contribution is -0.134. The number of aromatic nitrogens is 3. The molecule has 0 aliphatic carbocycles. The van der Waals surface area contributed by atoms with Crippen LogP contribution < -0.4 is 4.74 Å². The Balaban J connectivity index is 1.41. The highest BCUT2D eigenvalue weighted by molar-refractivity contribution is 5.83. The molecule has 3 aromatic rings. The highest BCUT2D eigenvalue weighted by atomic mass is 16.5. The molecule has 4 rings (SSSR count). The molecule has 1 amide bonds. The lowest BCUT2D eigenvalue weighted by Crippen LogP contribution is -2.45. The SMILES string of the molecule is O=C(Cn1ccc2ccccc21)N1CCCC(Oc2ncccn2)C1. The van der Waals surface area contributed by atoms with Gasteiger partial charge in [0.2, 0.25) is 5.91 Å². The van der Waals surface area contributed by atoms with Crippen LogP contribution in [0.3, 0.4) is 0 Å². The zero-order valence-electron chi connectivity index (χ0n) is 13.9. The summed E-state index contributed by atoms with van der Waals surface area (Å²) in [6.07, 6.45) is 7.07. The third kappa shape index (κ3) is 3.47. The summed E-state index contributed by atoms with van der Waals surface area (Å²) in [5.41, 5.74) is 1.08. The van der Waals surface area contributed by atoms with E-state index in [0.29, 0.717) is 19.1 Å². The molecule has 1 atom stereocenters. The number of rotatable bonds is 4. The average molecular weight is 336 g/mol. The fourth-order valence-electron chi connectivity index (χ4n) is 3.28. The van der Waals surface area contributed by atoms with Gasteiger partial charge < -0.3 is 14.2 Å². The van der Waals surface area contributed by atoms with E-state index in [1.54, 1.807) is 18.5 Å². The van der Waals surface area contributed by atoms with Gasteiger partial charge >= 0.3 is 6.01 Å². The van der Waals surface area contributed by atoms with E-state index in [1.165, 1.54) is 0 Å². The van der Waals surface area contributed by atoms with Crippen molar-refractivity contribution in [2.24, 2.45) is 0 Å². The zero-order chi connectivity index (χ0) is 17.1. The van der Waals surface area contributed by atoms with Crippen LogP contribution >= 0.6 is 0 Å². The van der Waals surface area contributed by atoms with Crippen LogP contribution in [0.2, 0.25) is 0 Å². The van der Waals surface area contributed by atoms with Crippen LogP contribution in [0, 0.1) is 0 Å². The lowest BCUT2D eigenvalue weighted by Gasteiger charge is -2.32. The molecule has 2 aromatic heterocycles. The lowest BCUT2D eigenvalue weighted by atomic mass is 10.1. The van der Waals surface area contributed by atoms with Gasteiger partial charge in [0.05, 0.1) is 6.54 Å². The van der Waals surface area contributed by atoms with Crippen molar-refractivity contribution in [1.82, 2.24) is 19.4 Å². The van der Waals surface area contributed by atoms with E-state index < -0.39 is 0 Å². The van der Waals surface area contributed by atoms with E-state index in [9.17, 15) is 4.79 Å². The molecule has 1 saturated heterocycles. The molecule has 6 heteroatoms. The molecule has 0 N–H and O–H groups in total. The van der Waals surface area contributed by atoms with Crippen LogP contribution in [0.5, 0.6) is 6.01 Å². The molecule has 25 heavy (non-hydrogen) atoms. The fraction of sp³-hybridized carbons (Fsp3) is 0.316. The summed E-state index contributed by atoms with van der Waals surface area (Å²) in [6, 6.07) is 12.3. The first-order chi connectivity index (χ1) is 12.3. The number of carbonyl (C=O) groups excluding carboxylic acids is 1. The number of hydrogen-bond acceptors (Lipinski definition) is 4. The van der Waals surface area contributed by atoms with Crippen LogP contribution in [-0.4, -0.2) is 44.5 Å². The summed E-state index contributed by atoms with van der Waals surface area (Å²) >= 11 is 0. The molecule has 128 valence electrons. The van der Waals surface area contributed by atoms with Gasteiger partial charge in [0, 0.05) is 30.7 Å². The summed E-state index contributed by atoms with van der Waals surface area (Å²) in [7, 11) is 0. The van der Waals surface area contributed by atoms with Crippen LogP contribution in [-0.2, 0) is 11.3 Å². The average Bonchev–Trinajstić information content (AvgIpc) is 3.06. The van der Waals surface area contributed by atoms with Crippen LogP contribution in [0.4, 0.5) is 0 Å². The molecule has 1 fully saturated rings. The highest BCUT2D eigenvalue weighted by Crippen LogP contribution is 2.18. The first-order valence-corrected chi connectivity index (χ1v) is 8.55. The van der Waals surface area contributed by atoms with E-state index in [4.69, 9.17) is 4.74 Å². The Kier molecular flexibility index (Phi) is 4.33. The van der Waals surface area contributed by atoms with Crippen molar-refractivity contribution < 1.29 is 9.53 Å². The Morgan fingerprint density at radius 2 is 2.00 bits per heavy atom. The summed E-state index contributed by atoms with van der Waals surface area (Å²) in [5.74, 6) is 0.114. The van der Waals surface area contributed by atoms with E-state index >= 15 is 0 Å². The Labute approximate surface area is 146 Å². The largest absolute Gasteiger partial charge is 0.458 e. The molecule has 1 unspecified atom stereocenters. The van der Waals surface area contributed by atoms with Crippen molar-refractivity contribution >= 4 is 16.8 Å². The van der Waals surface area contributed by atoms with Crippen LogP contribution in [0.25, 0.3) is 10.9 Å². The first kappa shape index (κ1) is 15.6. The fourth-order valence-corrected chi connectivity index (χ4v) is 3.28. The number of piperidine rings is 1. The second-order valence-corrected chi connectivity index (χ2v) is 6.26. The number of likely N-dealkylation sites (tertiary alicyclic amines) is 1. The molecule has 1 aliphatic rings. The number of ether oxygens (including phenoxy) is 1. The van der Waals surface area contributed by atoms with Crippen LogP contribution in [0.1, 0.15) is 12.8 Å². The number of nitrogens with zero attached hydrogens (tertiary/aromatic N) is 4. The molecule has 0 radical (unpaired) electrons. The minimum Gasteiger partial charge on any atom is -0.458 e. The number of amides is 1. The molecular weight excluding hydrogens is 316 g/mol. The van der Waals surface area contributed by atoms with Gasteiger partial charge in [-0.1, -0.05) is 18.2 Å². The van der Waals surface area contributed by atoms with Gasteiger partial charge in [-0.05, 0) is 36.4 Å². The Hall–Kier alpha value is -2.89. The third-order valence-electron chi connectivity index (χ3n) is 4.53. The van der Waals surface area contributed by atoms with Crippen molar-refractivity contribution in [2.75, 3.05) is 13.1 Å². The number of benzene rings is 1. The maximum Gasteiger partial charge on any atom is 0.316 e. The van der Waals surface area contributed by atoms with Crippen molar-refractivity contribution in [1.29, 1.82) is 0 Å². The normalized spacial score (nSPS) is 17.6. The van der Waals surface area contributed by atoms with Gasteiger partial charge in [-0.15, -0.1) is 0 Å². The topological polar surface area (TPSA) is 60.2 Å². The Bertz CT molecular complexity index is 862. The van der Waals surface area contributed by atoms with Crippen molar-refractivity contribution in [3.8, 4) is 6.01 Å². The quantitative estimate of drug-likeness (QED) is 0.734. The van der Waals surface area contributed by atoms with Crippen molar-refractivity contribution in [3.63, 3.8) is 0 Å². The molecule has 3 heterocycles. The van der Waals surface area contributed by atoms with E-state index in [0.717, 1.165) is 30.3 Å². The highest BCUT2D eigenvalue weighted by Gasteiger charge is 2.25. The molecule has 0 saturated carbocycles. The standard InChI is InChI=1S/C19H20N4O2/c24-18(14-22-12-8-15-5-1-2-7-17(15)22)23-11-3-6-16(13-23)25-19-20-9-4-10-21-19/h1-2,4-5,7-10,12,16H,3,6,11,13-14H2. The smallest absolute Gasteiger partial charge is 0.316 e. The van der Waals surface area contributed by atoms with Gasteiger partial charge in [0.1, 0.15) is 12.6 Å². The monoisotopic (exact) mass is 336 g/mol. The number of hydrogen-bond donors (Lipinski definition) is 0. The van der Waals surface area contributed by atoms with Gasteiger partial charge in [0.15, 0.2) is 0 Å². The minimum absolute atomic E-state index is 0.0542. The van der Waals surface area contributed by atoms with E-state index in [1.807, 2.05) is 39.9 Å². The van der Waals surface area contributed by atoms with Gasteiger partial charge in [-0.3, -0.25) is 4.79 Å². The van der Waals surface area contributed by atoms with Crippen molar-refractivity contribution in [2.45, 2.75) is 25.5 Å². The summed E-state index contributed by atoms with van der Waals surface area (Å²) in [4.78, 5) is 22.8. The van der Waals surface area contributed by atoms with Crippen LogP contribution in [0.15, 0.2) is 55.0 Å². The second-order valence-electron chi connectivity index (χ2n) is 6.26. The predicted octanol–water partition coefficient (Wildman–Crippen LogP) is 2.50. The maximum atomic E-state index is 12.7. The van der Waals surface area contributed by atoms with Gasteiger partial charge in [-0.25, -0.2) is 9.97 Å². The number of para-hydroxylation sites is 1. The molecule has 1 aromatic carbocycles. The Morgan fingerprint density at radius 1 is 1.16 bits per heavy atom. The number of fused-ring (bicyclic) bond motifs is 1. The minimum atomic E-state index is -0.0542. The van der Waals surface area contributed by atoms with E-state index in [2.05, 4.69) is 16.0 Å². The Morgan fingerprint density at radius 3 is 2.88 bits per heavy atom. The summed E-state index contributed by atoms with van der Waals surface area (Å²) in [5, 5.41) is 1.15. The van der Waals surface area contributed by atoms with Gasteiger partial charge in [0.25, 0.3) is 0 Å². The summed E-state index contributed by atoms with van der Waals surface area (Å²) < 4.78 is 7.82. The molecule has 0 spiro atoms. The molecule has 0 bridgehead atoms. The molecule has 6 nitrogen and oxygen atoms in total. The first-order valence-electron chi connectivity index (χ1n) is 8.55. The van der Waals surface area contributed by atoms with Crippen molar-refractivity contribution in [3.05, 3.63) is 55.0 Å². The predicted molar refractivity (Wildman–Crippen MR) is 94.2 cm³/mol. The van der Waals surface area contributed by atoms with Gasteiger partial charge in [-0.2, -0.15) is 0 Å².